The summed E-state index contributed by atoms with van der Waals surface area (Å²) in [4.78, 5) is 40.8. The van der Waals surface area contributed by atoms with Crippen LogP contribution in [0.5, 0.6) is 6.01 Å². The minimum Gasteiger partial charge on any atom is -0.467 e. The number of amides is 2. The molecule has 0 radical (unpaired) electrons. The molecule has 0 saturated heterocycles. The van der Waals surface area contributed by atoms with Gasteiger partial charge in [0.15, 0.2) is 5.82 Å². The maximum absolute atomic E-state index is 13.8. The monoisotopic (exact) mass is 693 g/mol. The molecular weight excluding hydrogens is 663 g/mol. The SMILES string of the molecule is COc1ncc(-c2cnc(N(C(=O)NCc3ccccc3)[C@H]3CC[C@H](Nc4ncc(C(F)(F)F)c(-c5n[nH]c(C)c5Cl)n4)CC3)cn2)cn1. The molecule has 1 fully saturated rings. The van der Waals surface area contributed by atoms with Gasteiger partial charge in [-0.2, -0.15) is 18.3 Å². The Kier molecular flexibility index (Phi) is 9.85. The maximum atomic E-state index is 13.8. The van der Waals surface area contributed by atoms with Crippen molar-refractivity contribution in [3.05, 3.63) is 83.2 Å². The van der Waals surface area contributed by atoms with Crippen LogP contribution >= 0.6 is 11.6 Å². The lowest BCUT2D eigenvalue weighted by Gasteiger charge is -2.36. The predicted octanol–water partition coefficient (Wildman–Crippen LogP) is 6.24. The molecule has 0 atom stereocenters. The van der Waals surface area contributed by atoms with Gasteiger partial charge in [-0.05, 0) is 38.2 Å². The first-order valence-electron chi connectivity index (χ1n) is 15.3. The fourth-order valence-corrected chi connectivity index (χ4v) is 5.71. The van der Waals surface area contributed by atoms with Crippen LogP contribution in [0.1, 0.15) is 42.5 Å². The number of rotatable bonds is 9. The zero-order valence-electron chi connectivity index (χ0n) is 26.4. The van der Waals surface area contributed by atoms with E-state index in [-0.39, 0.29) is 40.8 Å². The van der Waals surface area contributed by atoms with E-state index in [9.17, 15) is 18.0 Å². The van der Waals surface area contributed by atoms with Gasteiger partial charge in [0.25, 0.3) is 0 Å². The summed E-state index contributed by atoms with van der Waals surface area (Å²) in [5.41, 5.74) is 0.937. The Morgan fingerprint density at radius 3 is 2.33 bits per heavy atom. The van der Waals surface area contributed by atoms with E-state index in [1.165, 1.54) is 13.3 Å². The fraction of sp³-hybridized carbons (Fsp3) is 0.312. The van der Waals surface area contributed by atoms with Crippen LogP contribution in [0, 0.1) is 6.92 Å². The van der Waals surface area contributed by atoms with Crippen molar-refractivity contribution in [1.82, 2.24) is 45.4 Å². The van der Waals surface area contributed by atoms with Crippen molar-refractivity contribution < 1.29 is 22.7 Å². The van der Waals surface area contributed by atoms with Gasteiger partial charge in [-0.15, -0.1) is 0 Å². The second kappa shape index (κ2) is 14.4. The highest BCUT2D eigenvalue weighted by atomic mass is 35.5. The summed E-state index contributed by atoms with van der Waals surface area (Å²) in [6, 6.07) is 9.01. The van der Waals surface area contributed by atoms with Gasteiger partial charge in [-0.1, -0.05) is 41.9 Å². The number of benzene rings is 1. The lowest BCUT2D eigenvalue weighted by Crippen LogP contribution is -2.49. The van der Waals surface area contributed by atoms with Crippen molar-refractivity contribution in [2.75, 3.05) is 17.3 Å². The van der Waals surface area contributed by atoms with Gasteiger partial charge in [-0.25, -0.2) is 29.7 Å². The van der Waals surface area contributed by atoms with Crippen molar-refractivity contribution >= 4 is 29.4 Å². The Balaban J connectivity index is 1.19. The first-order chi connectivity index (χ1) is 23.6. The largest absolute Gasteiger partial charge is 0.467 e. The number of ether oxygens (including phenoxy) is 1. The molecule has 17 heteroatoms. The molecule has 1 saturated carbocycles. The quantitative estimate of drug-likeness (QED) is 0.161. The van der Waals surface area contributed by atoms with E-state index in [4.69, 9.17) is 16.3 Å². The number of carbonyl (C=O) groups is 1. The fourth-order valence-electron chi connectivity index (χ4n) is 5.54. The molecule has 1 aromatic carbocycles. The average molecular weight is 694 g/mol. The number of halogens is 4. The van der Waals surface area contributed by atoms with E-state index in [0.29, 0.717) is 55.0 Å². The molecule has 5 aromatic rings. The van der Waals surface area contributed by atoms with Crippen LogP contribution in [-0.2, 0) is 12.7 Å². The summed E-state index contributed by atoms with van der Waals surface area (Å²) in [6.07, 6.45) is 4.51. The summed E-state index contributed by atoms with van der Waals surface area (Å²) < 4.78 is 46.5. The summed E-state index contributed by atoms with van der Waals surface area (Å²) in [5, 5.41) is 12.8. The molecule has 1 aliphatic rings. The van der Waals surface area contributed by atoms with Gasteiger partial charge in [0.05, 0.1) is 35.9 Å². The second-order valence-corrected chi connectivity index (χ2v) is 11.7. The highest BCUT2D eigenvalue weighted by Crippen LogP contribution is 2.38. The topological polar surface area (TPSA) is 160 Å². The third-order valence-electron chi connectivity index (χ3n) is 8.08. The van der Waals surface area contributed by atoms with Gasteiger partial charge < -0.3 is 15.4 Å². The maximum Gasteiger partial charge on any atom is 0.420 e. The smallest absolute Gasteiger partial charge is 0.420 e. The Morgan fingerprint density at radius 1 is 0.980 bits per heavy atom. The molecule has 6 rings (SSSR count). The lowest BCUT2D eigenvalue weighted by atomic mass is 9.90. The van der Waals surface area contributed by atoms with E-state index in [1.807, 2.05) is 30.3 Å². The van der Waals surface area contributed by atoms with E-state index in [0.717, 1.165) is 11.8 Å². The number of aryl methyl sites for hydroxylation is 1. The molecule has 254 valence electrons. The average Bonchev–Trinajstić information content (AvgIpc) is 3.45. The number of aromatic amines is 1. The van der Waals surface area contributed by atoms with Gasteiger partial charge in [0, 0.05) is 42.8 Å². The number of carbonyl (C=O) groups excluding carboxylic acids is 1. The van der Waals surface area contributed by atoms with E-state index >= 15 is 0 Å². The Hall–Kier alpha value is -5.38. The number of methoxy groups -OCH3 is 1. The van der Waals surface area contributed by atoms with E-state index < -0.39 is 17.4 Å². The van der Waals surface area contributed by atoms with Crippen LogP contribution in [-0.4, -0.2) is 65.3 Å². The molecule has 13 nitrogen and oxygen atoms in total. The third-order valence-corrected chi connectivity index (χ3v) is 8.55. The highest BCUT2D eigenvalue weighted by molar-refractivity contribution is 6.33. The van der Waals surface area contributed by atoms with Crippen LogP contribution in [0.3, 0.4) is 0 Å². The lowest BCUT2D eigenvalue weighted by molar-refractivity contribution is -0.137. The molecule has 0 unspecified atom stereocenters. The molecule has 4 heterocycles. The molecular formula is C32H31ClF3N11O2. The van der Waals surface area contributed by atoms with Gasteiger partial charge in [0.2, 0.25) is 5.95 Å². The second-order valence-electron chi connectivity index (χ2n) is 11.3. The van der Waals surface area contributed by atoms with E-state index in [2.05, 4.69) is 50.7 Å². The minimum atomic E-state index is -4.71. The standard InChI is InChI=1S/C32H31ClF3N11O2/c1-18-26(33)28(46-45-18)27-23(32(34,35)36)15-39-29(44-27)43-21-8-10-22(11-9-21)47(31(48)42-12-19-6-4-3-5-7-19)25-17-37-24(16-38-25)20-13-40-30(49-2)41-14-20/h3-7,13-17,21-22H,8-12H2,1-2H3,(H,42,48)(H,45,46)(H,39,43,44)/t21-,22-. The summed E-state index contributed by atoms with van der Waals surface area (Å²) in [5.74, 6) is 0.381. The van der Waals surface area contributed by atoms with Crippen molar-refractivity contribution in [1.29, 1.82) is 0 Å². The molecule has 49 heavy (non-hydrogen) atoms. The molecule has 0 aliphatic heterocycles. The van der Waals surface area contributed by atoms with Crippen molar-refractivity contribution in [2.45, 2.75) is 57.4 Å². The number of nitrogens with one attached hydrogen (secondary N) is 3. The van der Waals surface area contributed by atoms with Crippen LogP contribution in [0.15, 0.2) is 61.3 Å². The van der Waals surface area contributed by atoms with Crippen LogP contribution in [0.25, 0.3) is 22.6 Å². The van der Waals surface area contributed by atoms with Gasteiger partial charge in [-0.3, -0.25) is 15.0 Å². The van der Waals surface area contributed by atoms with Crippen LogP contribution in [0.4, 0.5) is 29.7 Å². The number of urea groups is 1. The molecule has 3 N–H and O–H groups in total. The van der Waals surface area contributed by atoms with Crippen molar-refractivity contribution in [2.24, 2.45) is 0 Å². The van der Waals surface area contributed by atoms with E-state index in [1.54, 1.807) is 30.4 Å². The highest BCUT2D eigenvalue weighted by Gasteiger charge is 2.37. The third kappa shape index (κ3) is 7.69. The number of nitrogens with zero attached hydrogens (tertiary/aromatic N) is 8. The number of H-pyrrole nitrogens is 1. The molecule has 4 aromatic heterocycles. The number of aromatic nitrogens is 8. The first-order valence-corrected chi connectivity index (χ1v) is 15.7. The number of hydrogen-bond acceptors (Lipinski definition) is 10. The molecule has 0 bridgehead atoms. The minimum absolute atomic E-state index is 0.0181. The summed E-state index contributed by atoms with van der Waals surface area (Å²) in [7, 11) is 1.47. The van der Waals surface area contributed by atoms with Crippen molar-refractivity contribution in [3.8, 4) is 28.7 Å². The summed E-state index contributed by atoms with van der Waals surface area (Å²) >= 11 is 6.24. The summed E-state index contributed by atoms with van der Waals surface area (Å²) in [6.45, 7) is 1.92. The zero-order valence-corrected chi connectivity index (χ0v) is 27.1. The molecule has 0 spiro atoms. The molecule has 2 amide bonds. The van der Waals surface area contributed by atoms with Gasteiger partial charge >= 0.3 is 18.2 Å². The van der Waals surface area contributed by atoms with Crippen LogP contribution < -0.4 is 20.3 Å². The Labute approximate surface area is 283 Å². The zero-order chi connectivity index (χ0) is 34.5. The van der Waals surface area contributed by atoms with Crippen molar-refractivity contribution in [3.63, 3.8) is 0 Å². The normalized spacial score (nSPS) is 16.2. The Bertz CT molecular complexity index is 1880. The first kappa shape index (κ1) is 33.5. The predicted molar refractivity (Wildman–Crippen MR) is 175 cm³/mol. The Morgan fingerprint density at radius 2 is 1.71 bits per heavy atom. The number of hydrogen-bond donors (Lipinski definition) is 3. The molecule has 1 aliphatic carbocycles. The number of alkyl halides is 3. The van der Waals surface area contributed by atoms with Crippen LogP contribution in [0.2, 0.25) is 5.02 Å². The van der Waals surface area contributed by atoms with Gasteiger partial charge in [0.1, 0.15) is 17.0 Å². The number of anilines is 2.